The lowest BCUT2D eigenvalue weighted by Gasteiger charge is -2.11. The molecule has 0 N–H and O–H groups in total. The molecule has 0 spiro atoms. The van der Waals surface area contributed by atoms with Crippen LogP contribution in [0.15, 0.2) is 47.5 Å². The standard InChI is InChI=1S/C18H20N3OSi/c1-13-9-10-15(17(11-13)22-23(3)4)19-12-18-20-14-7-5-6-8-16(14)21(18)2/h5-12H,1-4H3/p+1. The molecule has 0 saturated heterocycles. The third kappa shape index (κ3) is 3.34. The van der Waals surface area contributed by atoms with Crippen LogP contribution in [0.25, 0.3) is 11.0 Å². The number of imidazole rings is 1. The molecule has 0 aliphatic carbocycles. The second-order valence-corrected chi connectivity index (χ2v) is 7.78. The normalized spacial score (nSPS) is 11.7. The predicted molar refractivity (Wildman–Crippen MR) is 98.4 cm³/mol. The van der Waals surface area contributed by atoms with Gasteiger partial charge in [0.15, 0.2) is 5.82 Å². The van der Waals surface area contributed by atoms with E-state index in [0.717, 1.165) is 28.3 Å². The van der Waals surface area contributed by atoms with Gasteiger partial charge in [0.1, 0.15) is 11.4 Å². The molecule has 0 atom stereocenters. The summed E-state index contributed by atoms with van der Waals surface area (Å²) in [6.07, 6.45) is 1.80. The molecule has 0 amide bonds. The molecule has 0 fully saturated rings. The molecule has 4 nitrogen and oxygen atoms in total. The van der Waals surface area contributed by atoms with Gasteiger partial charge in [-0.2, -0.15) is 0 Å². The van der Waals surface area contributed by atoms with Gasteiger partial charge in [-0.1, -0.05) is 18.2 Å². The van der Waals surface area contributed by atoms with Crippen LogP contribution in [0.4, 0.5) is 5.69 Å². The monoisotopic (exact) mass is 323 g/mol. The summed E-state index contributed by atoms with van der Waals surface area (Å²) in [5.74, 6) is 1.68. The summed E-state index contributed by atoms with van der Waals surface area (Å²) < 4.78 is 8.01. The maximum absolute atomic E-state index is 5.96. The SMILES string of the molecule is Cc1ccc(N=Cc2nc3ccccc3n2C)c(O[Si](C)C)c1.[H+]. The number of aryl methyl sites for hydroxylation is 2. The van der Waals surface area contributed by atoms with Crippen LogP contribution in [0.3, 0.4) is 0 Å². The fraction of sp³-hybridized carbons (Fsp3) is 0.222. The molecule has 3 aromatic rings. The van der Waals surface area contributed by atoms with Crippen LogP contribution in [0.5, 0.6) is 5.75 Å². The van der Waals surface area contributed by atoms with Crippen LogP contribution in [0.2, 0.25) is 13.1 Å². The van der Waals surface area contributed by atoms with Crippen molar-refractivity contribution in [3.8, 4) is 5.75 Å². The number of hydrogen-bond donors (Lipinski definition) is 0. The first-order chi connectivity index (χ1) is 11.0. The first kappa shape index (κ1) is 15.5. The summed E-state index contributed by atoms with van der Waals surface area (Å²) in [7, 11) is 1.17. The van der Waals surface area contributed by atoms with Crippen LogP contribution >= 0.6 is 0 Å². The van der Waals surface area contributed by atoms with E-state index in [0.29, 0.717) is 0 Å². The maximum Gasteiger partial charge on any atom is 1.00 e. The van der Waals surface area contributed by atoms with Crippen LogP contribution in [-0.4, -0.2) is 24.8 Å². The number of hydrogen-bond acceptors (Lipinski definition) is 3. The van der Waals surface area contributed by atoms with Crippen molar-refractivity contribution in [2.75, 3.05) is 0 Å². The van der Waals surface area contributed by atoms with Crippen molar-refractivity contribution in [2.24, 2.45) is 12.0 Å². The van der Waals surface area contributed by atoms with Crippen molar-refractivity contribution >= 4 is 32.0 Å². The molecule has 1 aromatic heterocycles. The molecular weight excluding hydrogens is 302 g/mol. The molecular formula is C18H21N3OSi+. The molecule has 1 heterocycles. The van der Waals surface area contributed by atoms with Gasteiger partial charge in [-0.25, -0.2) is 9.98 Å². The quantitative estimate of drug-likeness (QED) is 0.528. The molecule has 2 aromatic carbocycles. The molecule has 0 aliphatic rings. The number of fused-ring (bicyclic) bond motifs is 1. The summed E-state index contributed by atoms with van der Waals surface area (Å²) in [5.41, 5.74) is 4.09. The zero-order chi connectivity index (χ0) is 16.4. The molecule has 23 heavy (non-hydrogen) atoms. The van der Waals surface area contributed by atoms with Crippen molar-refractivity contribution in [3.05, 3.63) is 53.9 Å². The zero-order valence-electron chi connectivity index (χ0n) is 14.9. The van der Waals surface area contributed by atoms with Crippen LogP contribution in [-0.2, 0) is 7.05 Å². The van der Waals surface area contributed by atoms with Crippen LogP contribution < -0.4 is 4.43 Å². The van der Waals surface area contributed by atoms with Gasteiger partial charge in [0.25, 0.3) is 9.04 Å². The Morgan fingerprint density at radius 1 is 1.22 bits per heavy atom. The Hall–Kier alpha value is -2.40. The van der Waals surface area contributed by atoms with E-state index in [1.807, 2.05) is 48.0 Å². The third-order valence-corrected chi connectivity index (χ3v) is 4.20. The van der Waals surface area contributed by atoms with E-state index in [2.05, 4.69) is 36.1 Å². The van der Waals surface area contributed by atoms with E-state index in [9.17, 15) is 0 Å². The summed E-state index contributed by atoms with van der Waals surface area (Å²) in [6.45, 7) is 6.29. The number of aliphatic imine (C=N–C) groups is 1. The van der Waals surface area contributed by atoms with Gasteiger partial charge in [0.2, 0.25) is 0 Å². The van der Waals surface area contributed by atoms with E-state index < -0.39 is 9.04 Å². The lowest BCUT2D eigenvalue weighted by atomic mass is 10.2. The second-order valence-electron chi connectivity index (χ2n) is 5.76. The van der Waals surface area contributed by atoms with E-state index in [-0.39, 0.29) is 1.43 Å². The van der Waals surface area contributed by atoms with Gasteiger partial charge in [-0.05, 0) is 49.8 Å². The molecule has 0 bridgehead atoms. The smallest absolute Gasteiger partial charge is 0.541 e. The largest absolute Gasteiger partial charge is 1.00 e. The Labute approximate surface area is 139 Å². The van der Waals surface area contributed by atoms with Gasteiger partial charge in [0, 0.05) is 7.05 Å². The first-order valence-electron chi connectivity index (χ1n) is 7.59. The molecule has 0 unspecified atom stereocenters. The zero-order valence-corrected chi connectivity index (χ0v) is 14.9. The topological polar surface area (TPSA) is 39.4 Å². The molecule has 3 rings (SSSR count). The van der Waals surface area contributed by atoms with E-state index in [1.165, 1.54) is 5.56 Å². The van der Waals surface area contributed by atoms with E-state index in [4.69, 9.17) is 4.43 Å². The molecule has 0 aliphatic heterocycles. The minimum Gasteiger partial charge on any atom is -0.541 e. The lowest BCUT2D eigenvalue weighted by molar-refractivity contribution is 0.581. The number of nitrogens with zero attached hydrogens (tertiary/aromatic N) is 3. The number of rotatable bonds is 4. The summed E-state index contributed by atoms with van der Waals surface area (Å²) in [4.78, 5) is 9.22. The Morgan fingerprint density at radius 3 is 2.74 bits per heavy atom. The average Bonchev–Trinajstić information content (AvgIpc) is 2.83. The molecule has 5 heteroatoms. The highest BCUT2D eigenvalue weighted by Gasteiger charge is 2.08. The van der Waals surface area contributed by atoms with Gasteiger partial charge in [-0.3, -0.25) is 0 Å². The third-order valence-electron chi connectivity index (χ3n) is 3.57. The summed E-state index contributed by atoms with van der Waals surface area (Å²) in [6, 6.07) is 14.2. The number of aromatic nitrogens is 2. The van der Waals surface area contributed by atoms with Crippen molar-refractivity contribution in [1.82, 2.24) is 9.55 Å². The van der Waals surface area contributed by atoms with Gasteiger partial charge >= 0.3 is 1.43 Å². The van der Waals surface area contributed by atoms with Crippen LogP contribution in [0.1, 0.15) is 12.8 Å². The fourth-order valence-corrected chi connectivity index (χ4v) is 3.04. The van der Waals surface area contributed by atoms with Gasteiger partial charge in [-0.15, -0.1) is 0 Å². The van der Waals surface area contributed by atoms with Gasteiger partial charge < -0.3 is 8.99 Å². The second kappa shape index (κ2) is 6.38. The Kier molecular flexibility index (Phi) is 4.30. The molecule has 1 radical (unpaired) electrons. The van der Waals surface area contributed by atoms with Crippen molar-refractivity contribution in [2.45, 2.75) is 20.0 Å². The Morgan fingerprint density at radius 2 is 2.00 bits per heavy atom. The first-order valence-corrected chi connectivity index (χ1v) is 9.99. The van der Waals surface area contributed by atoms with Crippen molar-refractivity contribution < 1.29 is 5.85 Å². The van der Waals surface area contributed by atoms with Crippen molar-refractivity contribution in [3.63, 3.8) is 0 Å². The molecule has 117 valence electrons. The minimum absolute atomic E-state index is 0. The molecule has 0 saturated carbocycles. The summed E-state index contributed by atoms with van der Waals surface area (Å²) >= 11 is 0. The fourth-order valence-electron chi connectivity index (χ4n) is 2.44. The van der Waals surface area contributed by atoms with E-state index >= 15 is 0 Å². The lowest BCUT2D eigenvalue weighted by Crippen LogP contribution is -2.11. The minimum atomic E-state index is -0.831. The van der Waals surface area contributed by atoms with Gasteiger partial charge in [0.05, 0.1) is 17.2 Å². The highest BCUT2D eigenvalue weighted by molar-refractivity contribution is 6.49. The van der Waals surface area contributed by atoms with Crippen LogP contribution in [0, 0.1) is 6.92 Å². The van der Waals surface area contributed by atoms with E-state index in [1.54, 1.807) is 6.21 Å². The highest BCUT2D eigenvalue weighted by Crippen LogP contribution is 2.29. The number of benzene rings is 2. The summed E-state index contributed by atoms with van der Waals surface area (Å²) in [5, 5.41) is 0. The Bertz CT molecular complexity index is 874. The maximum atomic E-state index is 5.96. The average molecular weight is 323 g/mol. The Balaban J connectivity index is 0.00000208. The van der Waals surface area contributed by atoms with Crippen molar-refractivity contribution in [1.29, 1.82) is 0 Å². The number of para-hydroxylation sites is 2. The predicted octanol–water partition coefficient (Wildman–Crippen LogP) is 4.37. The highest BCUT2D eigenvalue weighted by atomic mass is 28.3.